The summed E-state index contributed by atoms with van der Waals surface area (Å²) >= 11 is 4.17. The van der Waals surface area contributed by atoms with Gasteiger partial charge in [-0.2, -0.15) is 0 Å². The number of ketones is 1. The van der Waals surface area contributed by atoms with Gasteiger partial charge in [0.05, 0.1) is 42.6 Å². The zero-order valence-corrected chi connectivity index (χ0v) is 23.9. The molecule has 2 heterocycles. The molecule has 204 valence electrons. The van der Waals surface area contributed by atoms with Crippen molar-refractivity contribution in [1.29, 1.82) is 0 Å². The zero-order valence-electron chi connectivity index (χ0n) is 21.5. The van der Waals surface area contributed by atoms with Gasteiger partial charge in [0.2, 0.25) is 0 Å². The number of amides is 1. The molecular weight excluding hydrogens is 592 g/mol. The van der Waals surface area contributed by atoms with Crippen LogP contribution in [0.2, 0.25) is 0 Å². The Labute approximate surface area is 236 Å². The number of aryl methyl sites for hydroxylation is 1. The number of aliphatic hydroxyl groups excluding tert-OH is 1. The van der Waals surface area contributed by atoms with E-state index in [0.29, 0.717) is 23.6 Å². The maximum atomic E-state index is 13.5. The summed E-state index contributed by atoms with van der Waals surface area (Å²) in [5, 5.41) is 21.9. The van der Waals surface area contributed by atoms with E-state index in [-0.39, 0.29) is 37.1 Å². The lowest BCUT2D eigenvalue weighted by atomic mass is 9.95. The van der Waals surface area contributed by atoms with Gasteiger partial charge < -0.3 is 24.4 Å². The number of methoxy groups -OCH3 is 2. The fraction of sp³-hybridized carbons (Fsp3) is 0.259. The Morgan fingerprint density at radius 1 is 1.21 bits per heavy atom. The number of phenols is 1. The summed E-state index contributed by atoms with van der Waals surface area (Å²) in [5.74, 6) is -2.59. The van der Waals surface area contributed by atoms with Gasteiger partial charge in [0, 0.05) is 5.56 Å². The van der Waals surface area contributed by atoms with Gasteiger partial charge in [0.1, 0.15) is 16.4 Å². The van der Waals surface area contributed by atoms with E-state index >= 15 is 0 Å². The number of ether oxygens (including phenoxy) is 3. The molecule has 1 aliphatic heterocycles. The van der Waals surface area contributed by atoms with Crippen molar-refractivity contribution in [2.75, 3.05) is 25.7 Å². The average molecular weight is 617 g/mol. The van der Waals surface area contributed by atoms with Gasteiger partial charge >= 0.3 is 11.9 Å². The highest BCUT2D eigenvalue weighted by atomic mass is 79.9. The third-order valence-electron chi connectivity index (χ3n) is 5.97. The Hall–Kier alpha value is -3.90. The van der Waals surface area contributed by atoms with Crippen LogP contribution >= 0.6 is 27.3 Å². The molecule has 0 radical (unpaired) electrons. The standard InChI is InChI=1S/C27H25BrN2O8S/c1-5-9-38-16-8-6-7-14(10-16)21(31)19-20(15-11-17(28)22(32)18(12-15)36-3)30(25(34)23(19)33)27-29-13(2)24(39-27)26(35)37-4/h6-8,10-12,20,31-32H,5,9H2,1-4H3. The highest BCUT2D eigenvalue weighted by Gasteiger charge is 2.49. The number of Topliss-reactive ketones (excluding diaryl/α,β-unsaturated/α-hetero) is 1. The molecule has 0 aliphatic carbocycles. The fourth-order valence-electron chi connectivity index (χ4n) is 4.13. The number of anilines is 1. The van der Waals surface area contributed by atoms with Crippen molar-refractivity contribution in [1.82, 2.24) is 4.98 Å². The first-order chi connectivity index (χ1) is 18.6. The second-order valence-electron chi connectivity index (χ2n) is 8.50. The number of hydrogen-bond donors (Lipinski definition) is 2. The molecule has 0 saturated carbocycles. The summed E-state index contributed by atoms with van der Waals surface area (Å²) in [6, 6.07) is 8.35. The molecule has 39 heavy (non-hydrogen) atoms. The summed E-state index contributed by atoms with van der Waals surface area (Å²) in [5.41, 5.74) is 0.706. The molecule has 4 rings (SSSR count). The number of carbonyl (C=O) groups excluding carboxylic acids is 3. The van der Waals surface area contributed by atoms with E-state index in [1.807, 2.05) is 6.92 Å². The largest absolute Gasteiger partial charge is 0.507 e. The maximum absolute atomic E-state index is 13.5. The Morgan fingerprint density at radius 2 is 1.95 bits per heavy atom. The maximum Gasteiger partial charge on any atom is 0.350 e. The van der Waals surface area contributed by atoms with Gasteiger partial charge in [0.15, 0.2) is 16.6 Å². The van der Waals surface area contributed by atoms with Crippen LogP contribution in [0.4, 0.5) is 5.13 Å². The number of hydrogen-bond acceptors (Lipinski definition) is 10. The number of rotatable bonds is 8. The van der Waals surface area contributed by atoms with Gasteiger partial charge in [-0.3, -0.25) is 14.5 Å². The van der Waals surface area contributed by atoms with Crippen molar-refractivity contribution in [2.45, 2.75) is 26.3 Å². The van der Waals surface area contributed by atoms with Crippen molar-refractivity contribution in [2.24, 2.45) is 0 Å². The molecule has 0 bridgehead atoms. The van der Waals surface area contributed by atoms with Gasteiger partial charge in [-0.15, -0.1) is 0 Å². The lowest BCUT2D eigenvalue weighted by molar-refractivity contribution is -0.132. The first kappa shape index (κ1) is 28.1. The predicted molar refractivity (Wildman–Crippen MR) is 148 cm³/mol. The molecule has 1 aliphatic rings. The summed E-state index contributed by atoms with van der Waals surface area (Å²) in [6.45, 7) is 4.00. The van der Waals surface area contributed by atoms with Gasteiger partial charge in [0.25, 0.3) is 5.78 Å². The summed E-state index contributed by atoms with van der Waals surface area (Å²) in [7, 11) is 2.59. The van der Waals surface area contributed by atoms with Crippen LogP contribution in [0.15, 0.2) is 46.4 Å². The number of nitrogens with zero attached hydrogens (tertiary/aromatic N) is 2. The number of carbonyl (C=O) groups is 3. The molecule has 1 saturated heterocycles. The molecule has 2 N–H and O–H groups in total. The second kappa shape index (κ2) is 11.5. The fourth-order valence-corrected chi connectivity index (χ4v) is 5.60. The van der Waals surface area contributed by atoms with Crippen LogP contribution in [-0.2, 0) is 14.3 Å². The number of aromatic hydroxyl groups is 1. The van der Waals surface area contributed by atoms with E-state index in [4.69, 9.17) is 14.2 Å². The van der Waals surface area contributed by atoms with Crippen LogP contribution in [0.25, 0.3) is 5.76 Å². The minimum atomic E-state index is -1.17. The highest BCUT2D eigenvalue weighted by Crippen LogP contribution is 2.47. The van der Waals surface area contributed by atoms with Crippen molar-refractivity contribution in [3.63, 3.8) is 0 Å². The third kappa shape index (κ3) is 5.21. The number of phenolic OH excluding ortho intramolecular Hbond substituents is 1. The minimum absolute atomic E-state index is 0.0576. The van der Waals surface area contributed by atoms with Crippen molar-refractivity contribution < 1.29 is 38.8 Å². The predicted octanol–water partition coefficient (Wildman–Crippen LogP) is 5.13. The first-order valence-corrected chi connectivity index (χ1v) is 13.4. The van der Waals surface area contributed by atoms with Crippen molar-refractivity contribution in [3.05, 3.63) is 68.1 Å². The van der Waals surface area contributed by atoms with Gasteiger partial charge in [-0.25, -0.2) is 9.78 Å². The van der Waals surface area contributed by atoms with Crippen molar-refractivity contribution >= 4 is 55.8 Å². The van der Waals surface area contributed by atoms with Crippen LogP contribution in [0.3, 0.4) is 0 Å². The summed E-state index contributed by atoms with van der Waals surface area (Å²) in [4.78, 5) is 44.9. The lowest BCUT2D eigenvalue weighted by Gasteiger charge is -2.24. The number of aromatic nitrogens is 1. The molecular formula is C27H25BrN2O8S. The normalized spacial score (nSPS) is 16.4. The van der Waals surface area contributed by atoms with E-state index in [9.17, 15) is 24.6 Å². The van der Waals surface area contributed by atoms with E-state index in [1.165, 1.54) is 26.4 Å². The Balaban J connectivity index is 1.96. The minimum Gasteiger partial charge on any atom is -0.507 e. The quantitative estimate of drug-likeness (QED) is 0.153. The molecule has 1 atom stereocenters. The Morgan fingerprint density at radius 3 is 2.62 bits per heavy atom. The monoisotopic (exact) mass is 616 g/mol. The Bertz CT molecular complexity index is 1500. The van der Waals surface area contributed by atoms with Crippen LogP contribution in [-0.4, -0.2) is 53.7 Å². The average Bonchev–Trinajstić information content (AvgIpc) is 3.44. The number of aliphatic hydroxyl groups is 1. The van der Waals surface area contributed by atoms with Crippen LogP contribution in [0.5, 0.6) is 17.2 Å². The Kier molecular flexibility index (Phi) is 8.26. The second-order valence-corrected chi connectivity index (χ2v) is 10.3. The molecule has 1 aromatic heterocycles. The van der Waals surface area contributed by atoms with Crippen LogP contribution in [0, 0.1) is 6.92 Å². The summed E-state index contributed by atoms with van der Waals surface area (Å²) in [6.07, 6.45) is 0.777. The first-order valence-electron chi connectivity index (χ1n) is 11.8. The molecule has 1 amide bonds. The van der Waals surface area contributed by atoms with Gasteiger partial charge in [-0.1, -0.05) is 30.4 Å². The zero-order chi connectivity index (χ0) is 28.4. The number of thiazole rings is 1. The molecule has 1 unspecified atom stereocenters. The number of benzene rings is 2. The topological polar surface area (TPSA) is 135 Å². The number of esters is 1. The molecule has 12 heteroatoms. The van der Waals surface area contributed by atoms with Crippen LogP contribution < -0.4 is 14.4 Å². The van der Waals surface area contributed by atoms with Crippen molar-refractivity contribution in [3.8, 4) is 17.2 Å². The van der Waals surface area contributed by atoms with E-state index in [2.05, 4.69) is 20.9 Å². The summed E-state index contributed by atoms with van der Waals surface area (Å²) < 4.78 is 16.0. The molecule has 1 fully saturated rings. The van der Waals surface area contributed by atoms with Crippen LogP contribution in [0.1, 0.15) is 45.9 Å². The molecule has 0 spiro atoms. The smallest absolute Gasteiger partial charge is 0.350 e. The SMILES string of the molecule is CCCOc1cccc(C(O)=C2C(=O)C(=O)N(c3nc(C)c(C(=O)OC)s3)C2c2cc(Br)c(O)c(OC)c2)c1. The number of halogens is 1. The molecule has 10 nitrogen and oxygen atoms in total. The molecule has 3 aromatic rings. The third-order valence-corrected chi connectivity index (χ3v) is 7.71. The molecule has 2 aromatic carbocycles. The van der Waals surface area contributed by atoms with E-state index in [0.717, 1.165) is 22.7 Å². The highest BCUT2D eigenvalue weighted by molar-refractivity contribution is 9.10. The van der Waals surface area contributed by atoms with Gasteiger partial charge in [-0.05, 0) is 59.1 Å². The van der Waals surface area contributed by atoms with E-state index < -0.39 is 29.5 Å². The van der Waals surface area contributed by atoms with E-state index in [1.54, 1.807) is 31.2 Å². The lowest BCUT2D eigenvalue weighted by Crippen LogP contribution is -2.29.